The highest BCUT2D eigenvalue weighted by Gasteiger charge is 2.04. The molecule has 0 spiro atoms. The lowest BCUT2D eigenvalue weighted by molar-refractivity contribution is 0.303. The van der Waals surface area contributed by atoms with E-state index in [9.17, 15) is 8.78 Å². The molecule has 0 aromatic heterocycles. The van der Waals surface area contributed by atoms with Crippen molar-refractivity contribution in [1.29, 1.82) is 0 Å². The van der Waals surface area contributed by atoms with Gasteiger partial charge in [-0.15, -0.1) is 0 Å². The van der Waals surface area contributed by atoms with Crippen molar-refractivity contribution >= 4 is 0 Å². The predicted molar refractivity (Wildman–Crippen MR) is 79.2 cm³/mol. The lowest BCUT2D eigenvalue weighted by atomic mass is 10.1. The average molecular weight is 291 g/mol. The summed E-state index contributed by atoms with van der Waals surface area (Å²) in [6.07, 6.45) is 0. The van der Waals surface area contributed by atoms with Crippen LogP contribution in [0.15, 0.2) is 36.4 Å². The monoisotopic (exact) mass is 291 g/mol. The molecular weight excluding hydrogens is 272 g/mol. The molecular formula is C17H19F2NO. The summed E-state index contributed by atoms with van der Waals surface area (Å²) < 4.78 is 32.2. The Bertz CT molecular complexity index is 614. The van der Waals surface area contributed by atoms with E-state index >= 15 is 0 Å². The van der Waals surface area contributed by atoms with Crippen LogP contribution in [0.1, 0.15) is 23.6 Å². The Hall–Kier alpha value is -1.94. The zero-order valence-corrected chi connectivity index (χ0v) is 12.2. The average Bonchev–Trinajstić information content (AvgIpc) is 2.43. The summed E-state index contributed by atoms with van der Waals surface area (Å²) in [5.41, 5.74) is 2.54. The first-order valence-electron chi connectivity index (χ1n) is 6.96. The van der Waals surface area contributed by atoms with Crippen molar-refractivity contribution in [3.63, 3.8) is 0 Å². The second-order valence-corrected chi connectivity index (χ2v) is 4.93. The first kappa shape index (κ1) is 15.4. The van der Waals surface area contributed by atoms with Crippen LogP contribution in [0.3, 0.4) is 0 Å². The van der Waals surface area contributed by atoms with Gasteiger partial charge in [0, 0.05) is 12.6 Å². The molecule has 2 nitrogen and oxygen atoms in total. The van der Waals surface area contributed by atoms with Gasteiger partial charge >= 0.3 is 0 Å². The maximum absolute atomic E-state index is 13.6. The lowest BCUT2D eigenvalue weighted by Gasteiger charge is -2.11. The van der Waals surface area contributed by atoms with Gasteiger partial charge in [0.25, 0.3) is 0 Å². The molecule has 0 radical (unpaired) electrons. The minimum Gasteiger partial charge on any atom is -0.489 e. The largest absolute Gasteiger partial charge is 0.489 e. The van der Waals surface area contributed by atoms with Gasteiger partial charge < -0.3 is 10.1 Å². The number of hydrogen-bond acceptors (Lipinski definition) is 2. The van der Waals surface area contributed by atoms with Gasteiger partial charge in [-0.1, -0.05) is 13.0 Å². The zero-order valence-electron chi connectivity index (χ0n) is 12.2. The SMILES string of the molecule is CCNCc1cc(F)cc(OCc2ccc(F)cc2C)c1. The molecule has 0 atom stereocenters. The third-order valence-electron chi connectivity index (χ3n) is 3.21. The maximum atomic E-state index is 13.6. The topological polar surface area (TPSA) is 21.3 Å². The van der Waals surface area contributed by atoms with Crippen LogP contribution in [0.4, 0.5) is 8.78 Å². The van der Waals surface area contributed by atoms with Crippen LogP contribution in [-0.4, -0.2) is 6.54 Å². The van der Waals surface area contributed by atoms with Gasteiger partial charge in [0.1, 0.15) is 24.0 Å². The Kier molecular flexibility index (Phi) is 5.28. The molecule has 0 aliphatic rings. The Labute approximate surface area is 123 Å². The fourth-order valence-corrected chi connectivity index (χ4v) is 2.06. The number of aryl methyl sites for hydroxylation is 1. The molecule has 0 saturated carbocycles. The Morgan fingerprint density at radius 2 is 1.86 bits per heavy atom. The lowest BCUT2D eigenvalue weighted by Crippen LogP contribution is -2.12. The maximum Gasteiger partial charge on any atom is 0.127 e. The van der Waals surface area contributed by atoms with Gasteiger partial charge in [-0.05, 0) is 54.4 Å². The van der Waals surface area contributed by atoms with Crippen molar-refractivity contribution < 1.29 is 13.5 Å². The molecule has 0 bridgehead atoms. The molecule has 21 heavy (non-hydrogen) atoms. The zero-order chi connectivity index (χ0) is 15.2. The Morgan fingerprint density at radius 1 is 1.05 bits per heavy atom. The van der Waals surface area contributed by atoms with E-state index in [2.05, 4.69) is 5.32 Å². The van der Waals surface area contributed by atoms with Gasteiger partial charge in [-0.2, -0.15) is 0 Å². The van der Waals surface area contributed by atoms with E-state index in [-0.39, 0.29) is 18.2 Å². The van der Waals surface area contributed by atoms with Crippen LogP contribution >= 0.6 is 0 Å². The second kappa shape index (κ2) is 7.18. The molecule has 0 heterocycles. The molecule has 112 valence electrons. The fourth-order valence-electron chi connectivity index (χ4n) is 2.06. The van der Waals surface area contributed by atoms with Crippen LogP contribution < -0.4 is 10.1 Å². The molecule has 0 aliphatic carbocycles. The van der Waals surface area contributed by atoms with Gasteiger partial charge in [0.2, 0.25) is 0 Å². The molecule has 2 aromatic carbocycles. The Balaban J connectivity index is 2.07. The van der Waals surface area contributed by atoms with E-state index in [4.69, 9.17) is 4.74 Å². The van der Waals surface area contributed by atoms with E-state index in [1.165, 1.54) is 24.3 Å². The van der Waals surface area contributed by atoms with Crippen molar-refractivity contribution in [2.24, 2.45) is 0 Å². The van der Waals surface area contributed by atoms with E-state index in [1.807, 2.05) is 19.9 Å². The number of ether oxygens (including phenoxy) is 1. The summed E-state index contributed by atoms with van der Waals surface area (Å²) >= 11 is 0. The van der Waals surface area contributed by atoms with Crippen LogP contribution in [0, 0.1) is 18.6 Å². The van der Waals surface area contributed by atoms with E-state index in [1.54, 1.807) is 6.07 Å². The van der Waals surface area contributed by atoms with Crippen LogP contribution in [0.25, 0.3) is 0 Å². The number of benzene rings is 2. The highest BCUT2D eigenvalue weighted by molar-refractivity contribution is 5.31. The first-order chi connectivity index (χ1) is 10.1. The highest BCUT2D eigenvalue weighted by atomic mass is 19.1. The molecule has 2 rings (SSSR count). The number of hydrogen-bond donors (Lipinski definition) is 1. The minimum atomic E-state index is -0.323. The summed E-state index contributed by atoms with van der Waals surface area (Å²) in [6.45, 7) is 5.52. The molecule has 0 amide bonds. The van der Waals surface area contributed by atoms with Crippen molar-refractivity contribution in [3.05, 3.63) is 64.7 Å². The molecule has 0 unspecified atom stereocenters. The summed E-state index contributed by atoms with van der Waals surface area (Å²) in [5.74, 6) is -0.113. The third kappa shape index (κ3) is 4.53. The van der Waals surface area contributed by atoms with E-state index in [0.717, 1.165) is 23.2 Å². The minimum absolute atomic E-state index is 0.269. The molecule has 0 fully saturated rings. The first-order valence-corrected chi connectivity index (χ1v) is 6.96. The van der Waals surface area contributed by atoms with Gasteiger partial charge in [0.05, 0.1) is 0 Å². The fraction of sp³-hybridized carbons (Fsp3) is 0.294. The van der Waals surface area contributed by atoms with E-state index < -0.39 is 0 Å². The molecule has 0 saturated heterocycles. The highest BCUT2D eigenvalue weighted by Crippen LogP contribution is 2.19. The van der Waals surface area contributed by atoms with E-state index in [0.29, 0.717) is 12.3 Å². The summed E-state index contributed by atoms with van der Waals surface area (Å²) in [6, 6.07) is 9.19. The summed E-state index contributed by atoms with van der Waals surface area (Å²) in [5, 5.41) is 3.14. The standard InChI is InChI=1S/C17H19F2NO/c1-3-20-10-13-7-16(19)9-17(8-13)21-11-14-4-5-15(18)6-12(14)2/h4-9,20H,3,10-11H2,1-2H3. The number of halogens is 2. The molecule has 4 heteroatoms. The number of rotatable bonds is 6. The predicted octanol–water partition coefficient (Wildman–Crippen LogP) is 3.96. The van der Waals surface area contributed by atoms with Crippen molar-refractivity contribution in [3.8, 4) is 5.75 Å². The van der Waals surface area contributed by atoms with Crippen molar-refractivity contribution in [2.45, 2.75) is 27.0 Å². The van der Waals surface area contributed by atoms with Crippen molar-refractivity contribution in [2.75, 3.05) is 6.54 Å². The van der Waals surface area contributed by atoms with Crippen LogP contribution in [-0.2, 0) is 13.2 Å². The van der Waals surface area contributed by atoms with Gasteiger partial charge in [-0.25, -0.2) is 8.78 Å². The summed E-state index contributed by atoms with van der Waals surface area (Å²) in [4.78, 5) is 0. The van der Waals surface area contributed by atoms with Crippen LogP contribution in [0.2, 0.25) is 0 Å². The normalized spacial score (nSPS) is 10.7. The smallest absolute Gasteiger partial charge is 0.127 e. The molecule has 1 N–H and O–H groups in total. The number of nitrogens with one attached hydrogen (secondary N) is 1. The van der Waals surface area contributed by atoms with Crippen LogP contribution in [0.5, 0.6) is 5.75 Å². The van der Waals surface area contributed by atoms with Gasteiger partial charge in [0.15, 0.2) is 0 Å². The Morgan fingerprint density at radius 3 is 2.57 bits per heavy atom. The molecule has 0 aliphatic heterocycles. The van der Waals surface area contributed by atoms with Gasteiger partial charge in [-0.3, -0.25) is 0 Å². The summed E-state index contributed by atoms with van der Waals surface area (Å²) in [7, 11) is 0. The van der Waals surface area contributed by atoms with Crippen molar-refractivity contribution in [1.82, 2.24) is 5.32 Å². The third-order valence-corrected chi connectivity index (χ3v) is 3.21. The quantitative estimate of drug-likeness (QED) is 0.869. The second-order valence-electron chi connectivity index (χ2n) is 4.93. The molecule has 2 aromatic rings.